The molecule has 1 saturated heterocycles. The van der Waals surface area contributed by atoms with Gasteiger partial charge < -0.3 is 5.32 Å². The average molecular weight is 298 g/mol. The molecule has 1 aromatic rings. The van der Waals surface area contributed by atoms with Crippen molar-refractivity contribution in [1.82, 2.24) is 19.6 Å². The lowest BCUT2D eigenvalue weighted by atomic mass is 10.1. The summed E-state index contributed by atoms with van der Waals surface area (Å²) in [5.74, 6) is -0.268. The van der Waals surface area contributed by atoms with E-state index in [0.29, 0.717) is 25.9 Å². The maximum Gasteiger partial charge on any atom is 0.271 e. The highest BCUT2D eigenvalue weighted by Crippen LogP contribution is 2.13. The molecule has 2 heterocycles. The van der Waals surface area contributed by atoms with Crippen molar-refractivity contribution in [2.75, 3.05) is 19.3 Å². The van der Waals surface area contributed by atoms with Gasteiger partial charge in [0, 0.05) is 25.3 Å². The number of carbonyl (C=O) groups is 1. The minimum absolute atomic E-state index is 0.0244. The highest BCUT2D eigenvalue weighted by atomic mass is 32.2. The van der Waals surface area contributed by atoms with Crippen LogP contribution in [0.4, 0.5) is 0 Å². The number of hydrogen-bond donors (Lipinski definition) is 1. The van der Waals surface area contributed by atoms with Crippen LogP contribution < -0.4 is 5.32 Å². The summed E-state index contributed by atoms with van der Waals surface area (Å²) >= 11 is 0. The second-order valence-corrected chi connectivity index (χ2v) is 6.94. The molecule has 1 fully saturated rings. The zero-order valence-corrected chi connectivity index (χ0v) is 12.4. The Morgan fingerprint density at radius 3 is 2.45 bits per heavy atom. The Kier molecular flexibility index (Phi) is 4.34. The quantitative estimate of drug-likeness (QED) is 0.844. The van der Waals surface area contributed by atoms with Crippen LogP contribution in [0, 0.1) is 6.92 Å². The van der Waals surface area contributed by atoms with E-state index in [1.807, 2.05) is 0 Å². The van der Waals surface area contributed by atoms with E-state index in [1.54, 1.807) is 13.1 Å². The van der Waals surface area contributed by atoms with Gasteiger partial charge in [0.1, 0.15) is 5.69 Å². The van der Waals surface area contributed by atoms with E-state index in [9.17, 15) is 13.2 Å². The van der Waals surface area contributed by atoms with Crippen molar-refractivity contribution in [3.05, 3.63) is 23.8 Å². The molecule has 20 heavy (non-hydrogen) atoms. The first-order valence-electron chi connectivity index (χ1n) is 6.41. The Bertz CT molecular complexity index is 577. The van der Waals surface area contributed by atoms with Gasteiger partial charge in [-0.15, -0.1) is 0 Å². The molecule has 110 valence electrons. The molecular weight excluding hydrogens is 280 g/mol. The second kappa shape index (κ2) is 5.84. The summed E-state index contributed by atoms with van der Waals surface area (Å²) < 4.78 is 24.2. The topological polar surface area (TPSA) is 92.3 Å². The Hall–Kier alpha value is -1.54. The molecule has 1 aliphatic rings. The maximum atomic E-state index is 12.0. The van der Waals surface area contributed by atoms with Crippen molar-refractivity contribution >= 4 is 15.9 Å². The van der Waals surface area contributed by atoms with Gasteiger partial charge in [0.2, 0.25) is 10.0 Å². The number of piperidine rings is 1. The molecule has 0 aliphatic carbocycles. The Balaban J connectivity index is 1.89. The second-order valence-electron chi connectivity index (χ2n) is 4.95. The van der Waals surface area contributed by atoms with Gasteiger partial charge in [-0.25, -0.2) is 17.7 Å². The van der Waals surface area contributed by atoms with Crippen LogP contribution in [-0.2, 0) is 10.0 Å². The molecule has 0 bridgehead atoms. The first-order chi connectivity index (χ1) is 9.36. The fourth-order valence-corrected chi connectivity index (χ4v) is 2.98. The summed E-state index contributed by atoms with van der Waals surface area (Å²) in [7, 11) is -3.14. The fraction of sp³-hybridized carbons (Fsp3) is 0.583. The van der Waals surface area contributed by atoms with E-state index in [4.69, 9.17) is 0 Å². The Labute approximate surface area is 118 Å². The third-order valence-electron chi connectivity index (χ3n) is 3.27. The highest BCUT2D eigenvalue weighted by molar-refractivity contribution is 7.88. The SMILES string of the molecule is Cc1cnc(C(=O)NC2CCN(S(C)(=O)=O)CC2)cn1. The van der Waals surface area contributed by atoms with Crippen molar-refractivity contribution < 1.29 is 13.2 Å². The molecule has 0 spiro atoms. The largest absolute Gasteiger partial charge is 0.348 e. The smallest absolute Gasteiger partial charge is 0.271 e. The van der Waals surface area contributed by atoms with Crippen LogP contribution in [0.25, 0.3) is 0 Å². The summed E-state index contributed by atoms with van der Waals surface area (Å²) in [5.41, 5.74) is 1.03. The Morgan fingerprint density at radius 1 is 1.30 bits per heavy atom. The predicted molar refractivity (Wildman–Crippen MR) is 73.7 cm³/mol. The van der Waals surface area contributed by atoms with Crippen molar-refractivity contribution in [3.8, 4) is 0 Å². The third-order valence-corrected chi connectivity index (χ3v) is 4.57. The summed E-state index contributed by atoms with van der Waals surface area (Å²) in [5, 5.41) is 2.86. The molecule has 0 unspecified atom stereocenters. The minimum Gasteiger partial charge on any atom is -0.348 e. The van der Waals surface area contributed by atoms with Gasteiger partial charge in [-0.05, 0) is 19.8 Å². The standard InChI is InChI=1S/C12H18N4O3S/c1-9-7-14-11(8-13-9)12(17)15-10-3-5-16(6-4-10)20(2,18)19/h7-8,10H,3-6H2,1-2H3,(H,15,17). The molecule has 1 aromatic heterocycles. The number of carbonyl (C=O) groups excluding carboxylic acids is 1. The zero-order chi connectivity index (χ0) is 14.8. The number of aromatic nitrogens is 2. The van der Waals surface area contributed by atoms with E-state index in [1.165, 1.54) is 16.8 Å². The number of amides is 1. The van der Waals surface area contributed by atoms with Crippen molar-refractivity contribution in [2.24, 2.45) is 0 Å². The number of nitrogens with zero attached hydrogens (tertiary/aromatic N) is 3. The normalized spacial score (nSPS) is 17.9. The van der Waals surface area contributed by atoms with Gasteiger partial charge in [0.05, 0.1) is 18.1 Å². The monoisotopic (exact) mass is 298 g/mol. The van der Waals surface area contributed by atoms with Crippen LogP contribution in [-0.4, -0.2) is 54.0 Å². The van der Waals surface area contributed by atoms with Gasteiger partial charge in [0.25, 0.3) is 5.91 Å². The summed E-state index contributed by atoms with van der Waals surface area (Å²) in [6.07, 6.45) is 5.40. The lowest BCUT2D eigenvalue weighted by molar-refractivity contribution is 0.0918. The van der Waals surface area contributed by atoms with Crippen LogP contribution in [0.2, 0.25) is 0 Å². The fourth-order valence-electron chi connectivity index (χ4n) is 2.10. The van der Waals surface area contributed by atoms with E-state index >= 15 is 0 Å². The molecular formula is C12H18N4O3S. The predicted octanol–water partition coefficient (Wildman–Crippen LogP) is -0.0612. The molecule has 1 aliphatic heterocycles. The number of nitrogens with one attached hydrogen (secondary N) is 1. The van der Waals surface area contributed by atoms with Gasteiger partial charge in [-0.3, -0.25) is 9.78 Å². The van der Waals surface area contributed by atoms with Crippen LogP contribution in [0.3, 0.4) is 0 Å². The summed E-state index contributed by atoms with van der Waals surface area (Å²) in [6, 6.07) is -0.0244. The van der Waals surface area contributed by atoms with E-state index in [-0.39, 0.29) is 17.6 Å². The minimum atomic E-state index is -3.14. The van der Waals surface area contributed by atoms with Crippen molar-refractivity contribution in [2.45, 2.75) is 25.8 Å². The number of rotatable bonds is 3. The lowest BCUT2D eigenvalue weighted by Gasteiger charge is -2.30. The Morgan fingerprint density at radius 2 is 1.95 bits per heavy atom. The zero-order valence-electron chi connectivity index (χ0n) is 11.5. The van der Waals surface area contributed by atoms with E-state index in [0.717, 1.165) is 5.69 Å². The maximum absolute atomic E-state index is 12.0. The molecule has 7 nitrogen and oxygen atoms in total. The lowest BCUT2D eigenvalue weighted by Crippen LogP contribution is -2.46. The molecule has 8 heteroatoms. The average Bonchev–Trinajstić information content (AvgIpc) is 2.39. The number of hydrogen-bond acceptors (Lipinski definition) is 5. The van der Waals surface area contributed by atoms with Crippen LogP contribution in [0.1, 0.15) is 29.0 Å². The van der Waals surface area contributed by atoms with Crippen molar-refractivity contribution in [3.63, 3.8) is 0 Å². The molecule has 0 atom stereocenters. The van der Waals surface area contributed by atoms with Crippen LogP contribution in [0.15, 0.2) is 12.4 Å². The van der Waals surface area contributed by atoms with Gasteiger partial charge >= 0.3 is 0 Å². The van der Waals surface area contributed by atoms with E-state index < -0.39 is 10.0 Å². The van der Waals surface area contributed by atoms with Gasteiger partial charge in [-0.2, -0.15) is 0 Å². The first-order valence-corrected chi connectivity index (χ1v) is 8.26. The van der Waals surface area contributed by atoms with Crippen LogP contribution >= 0.6 is 0 Å². The molecule has 1 amide bonds. The highest BCUT2D eigenvalue weighted by Gasteiger charge is 2.26. The summed E-state index contributed by atoms with van der Waals surface area (Å²) in [4.78, 5) is 20.0. The number of aryl methyl sites for hydroxylation is 1. The number of sulfonamides is 1. The van der Waals surface area contributed by atoms with Crippen molar-refractivity contribution in [1.29, 1.82) is 0 Å². The molecule has 0 saturated carbocycles. The summed E-state index contributed by atoms with van der Waals surface area (Å²) in [6.45, 7) is 2.67. The van der Waals surface area contributed by atoms with Gasteiger partial charge in [0.15, 0.2) is 0 Å². The molecule has 0 aromatic carbocycles. The molecule has 0 radical (unpaired) electrons. The molecule has 2 rings (SSSR count). The van der Waals surface area contributed by atoms with Gasteiger partial charge in [-0.1, -0.05) is 0 Å². The third kappa shape index (κ3) is 3.73. The first kappa shape index (κ1) is 14.9. The van der Waals surface area contributed by atoms with Crippen LogP contribution in [0.5, 0.6) is 0 Å². The molecule has 1 N–H and O–H groups in total. The van der Waals surface area contributed by atoms with E-state index in [2.05, 4.69) is 15.3 Å².